The molecule has 8 unspecified atom stereocenters. The van der Waals surface area contributed by atoms with Gasteiger partial charge >= 0.3 is 11.9 Å². The van der Waals surface area contributed by atoms with Crippen molar-refractivity contribution in [2.45, 2.75) is 182 Å². The van der Waals surface area contributed by atoms with Gasteiger partial charge in [-0.1, -0.05) is 113 Å². The summed E-state index contributed by atoms with van der Waals surface area (Å²) in [6.45, 7) is 25.9. The van der Waals surface area contributed by atoms with Gasteiger partial charge in [0.2, 0.25) is 0 Å². The van der Waals surface area contributed by atoms with Crippen molar-refractivity contribution >= 4 is 23.4 Å². The highest BCUT2D eigenvalue weighted by atomic mass is 16.7. The lowest BCUT2D eigenvalue weighted by Crippen LogP contribution is -2.66. The third kappa shape index (κ3) is 9.98. The largest absolute Gasteiger partial charge is 0.335 e. The van der Waals surface area contributed by atoms with E-state index in [1.54, 1.807) is 0 Å². The van der Waals surface area contributed by atoms with E-state index in [2.05, 4.69) is 128 Å². The van der Waals surface area contributed by atoms with Crippen LogP contribution in [0.2, 0.25) is 0 Å². The Kier molecular flexibility index (Phi) is 15.6. The first-order valence-corrected chi connectivity index (χ1v) is 21.1. The zero-order chi connectivity index (χ0) is 41.3. The molecule has 0 saturated carbocycles. The second-order valence-electron chi connectivity index (χ2n) is 17.1. The molecule has 0 N–H and O–H groups in total. The Labute approximate surface area is 337 Å². The summed E-state index contributed by atoms with van der Waals surface area (Å²) < 4.78 is 0. The molecule has 0 radical (unpaired) electrons. The first-order chi connectivity index (χ1) is 26.5. The van der Waals surface area contributed by atoms with Gasteiger partial charge in [0.1, 0.15) is 12.2 Å². The number of oxime groups is 2. The molecule has 56 heavy (non-hydrogen) atoms. The van der Waals surface area contributed by atoms with E-state index < -0.39 is 11.9 Å². The Morgan fingerprint density at radius 3 is 1.27 bits per heavy atom. The van der Waals surface area contributed by atoms with Crippen LogP contribution in [0.3, 0.4) is 0 Å². The summed E-state index contributed by atoms with van der Waals surface area (Å²) in [7, 11) is 0. The van der Waals surface area contributed by atoms with Crippen molar-refractivity contribution in [3.8, 4) is 0 Å². The summed E-state index contributed by atoms with van der Waals surface area (Å²) in [5.74, 6) is -0.837. The van der Waals surface area contributed by atoms with Gasteiger partial charge in [0.05, 0.1) is 22.5 Å². The summed E-state index contributed by atoms with van der Waals surface area (Å²) in [5.41, 5.74) is 2.54. The van der Waals surface area contributed by atoms with Crippen LogP contribution in [0.15, 0.2) is 71.0 Å². The molecule has 0 spiro atoms. The molecule has 2 aromatic carbocycles. The molecule has 10 nitrogen and oxygen atoms in total. The van der Waals surface area contributed by atoms with Crippen molar-refractivity contribution in [2.75, 3.05) is 0 Å². The summed E-state index contributed by atoms with van der Waals surface area (Å²) >= 11 is 0. The second-order valence-corrected chi connectivity index (χ2v) is 17.1. The fourth-order valence-corrected chi connectivity index (χ4v) is 8.42. The van der Waals surface area contributed by atoms with Crippen LogP contribution in [-0.2, 0) is 28.9 Å². The number of carbonyl (C=O) groups is 2. The Bertz CT molecular complexity index is 1530. The number of hydroxylamine groups is 4. The van der Waals surface area contributed by atoms with E-state index in [1.165, 1.54) is 0 Å². The Morgan fingerprint density at radius 1 is 0.625 bits per heavy atom. The maximum atomic E-state index is 12.9. The first-order valence-electron chi connectivity index (χ1n) is 21.1. The third-order valence-corrected chi connectivity index (χ3v) is 13.5. The highest BCUT2D eigenvalue weighted by Crippen LogP contribution is 2.47. The molecule has 0 aromatic heterocycles. The topological polar surface area (TPSA) is 102 Å². The highest BCUT2D eigenvalue weighted by molar-refractivity contribution is 5.90. The zero-order valence-electron chi connectivity index (χ0n) is 36.4. The van der Waals surface area contributed by atoms with Gasteiger partial charge in [0.15, 0.2) is 0 Å². The van der Waals surface area contributed by atoms with E-state index >= 15 is 0 Å². The summed E-state index contributed by atoms with van der Waals surface area (Å²) in [6, 6.07) is 20.5. The molecule has 310 valence electrons. The molecule has 2 heterocycles. The minimum absolute atomic E-state index is 0.00925. The lowest BCUT2D eigenvalue weighted by atomic mass is 9.70. The Balaban J connectivity index is 1.31. The molecule has 2 aromatic rings. The van der Waals surface area contributed by atoms with Crippen molar-refractivity contribution in [1.29, 1.82) is 0 Å². The van der Waals surface area contributed by atoms with E-state index in [9.17, 15) is 9.59 Å². The summed E-state index contributed by atoms with van der Waals surface area (Å²) in [6.07, 6.45) is 5.60. The smallest absolute Gasteiger partial charge is 0.318 e. The Morgan fingerprint density at radius 2 is 0.964 bits per heavy atom. The van der Waals surface area contributed by atoms with Crippen molar-refractivity contribution in [3.63, 3.8) is 0 Å². The van der Waals surface area contributed by atoms with Crippen LogP contribution in [0, 0.1) is 11.8 Å². The molecule has 8 atom stereocenters. The Hall–Kier alpha value is -3.44. The van der Waals surface area contributed by atoms with Crippen molar-refractivity contribution in [3.05, 3.63) is 71.8 Å². The number of rotatable bonds is 17. The maximum absolute atomic E-state index is 12.9. The van der Waals surface area contributed by atoms with Gasteiger partial charge in [-0.15, -0.1) is 0 Å². The number of hydrogen-bond acceptors (Lipinski definition) is 10. The lowest BCUT2D eigenvalue weighted by molar-refractivity contribution is -0.310. The standard InChI is InChI=1S/C46H70N4O6/c1-13-43(9)31-39(33(5)45(11,15-3)49(43)55-35(7)37-25-19-17-20-26-37)47-53-41(51)29-23-24-30-42(52)54-48-40-32-44(10,14-2)50(46(12,16-4)34(40)6)56-36(8)38-27-21-18-22-28-38/h17-22,25-28,33-36H,13-16,23-24,29-32H2,1-12H3. The highest BCUT2D eigenvalue weighted by Gasteiger charge is 2.55. The molecule has 2 saturated heterocycles. The van der Waals surface area contributed by atoms with Crippen LogP contribution in [-0.4, -0.2) is 55.6 Å². The minimum Gasteiger partial charge on any atom is -0.318 e. The first kappa shape index (κ1) is 45.3. The van der Waals surface area contributed by atoms with Gasteiger partial charge in [0.25, 0.3) is 0 Å². The summed E-state index contributed by atoms with van der Waals surface area (Å²) in [5, 5.41) is 13.3. The number of carbonyl (C=O) groups excluding carboxylic acids is 2. The van der Waals surface area contributed by atoms with Crippen LogP contribution in [0.5, 0.6) is 0 Å². The third-order valence-electron chi connectivity index (χ3n) is 13.5. The SMILES string of the molecule is CCC1(C)CC(=NOC(=O)CCCCC(=O)ON=C2CC(C)(CC)N(OC(C)c3ccccc3)C(C)(CC)C2C)C(C)C(C)(CC)N1OC(C)c1ccccc1. The molecule has 0 bridgehead atoms. The normalized spacial score (nSPS) is 31.3. The van der Waals surface area contributed by atoms with Crippen LogP contribution in [0.4, 0.5) is 0 Å². The minimum atomic E-state index is -0.409. The monoisotopic (exact) mass is 775 g/mol. The van der Waals surface area contributed by atoms with Crippen LogP contribution < -0.4 is 0 Å². The number of benzene rings is 2. The van der Waals surface area contributed by atoms with Gasteiger partial charge in [-0.05, 0) is 91.2 Å². The quantitative estimate of drug-likeness (QED) is 0.0889. The zero-order valence-corrected chi connectivity index (χ0v) is 36.4. The van der Waals surface area contributed by atoms with Crippen LogP contribution in [0.25, 0.3) is 0 Å². The molecular formula is C46H70N4O6. The predicted molar refractivity (Wildman–Crippen MR) is 223 cm³/mol. The molecule has 2 aliphatic heterocycles. The van der Waals surface area contributed by atoms with E-state index in [-0.39, 0.29) is 59.0 Å². The molecule has 0 aliphatic carbocycles. The van der Waals surface area contributed by atoms with E-state index in [1.807, 2.05) is 36.4 Å². The van der Waals surface area contributed by atoms with Gasteiger partial charge in [-0.2, -0.15) is 10.1 Å². The number of nitrogens with zero attached hydrogens (tertiary/aromatic N) is 4. The fraction of sp³-hybridized carbons (Fsp3) is 0.652. The van der Waals surface area contributed by atoms with Crippen molar-refractivity contribution in [1.82, 2.24) is 10.1 Å². The summed E-state index contributed by atoms with van der Waals surface area (Å²) in [4.78, 5) is 50.3. The number of piperidine rings is 2. The van der Waals surface area contributed by atoms with Crippen LogP contribution in [0.1, 0.15) is 171 Å². The second kappa shape index (κ2) is 19.3. The van der Waals surface area contributed by atoms with E-state index in [0.717, 1.165) is 48.2 Å². The number of unbranched alkanes of at least 4 members (excludes halogenated alkanes) is 1. The predicted octanol–water partition coefficient (Wildman–Crippen LogP) is 11.1. The van der Waals surface area contributed by atoms with Crippen LogP contribution >= 0.6 is 0 Å². The van der Waals surface area contributed by atoms with E-state index in [0.29, 0.717) is 25.7 Å². The van der Waals surface area contributed by atoms with Gasteiger partial charge < -0.3 is 9.68 Å². The van der Waals surface area contributed by atoms with Gasteiger partial charge in [-0.25, -0.2) is 9.59 Å². The average molecular weight is 775 g/mol. The molecule has 2 fully saturated rings. The molecule has 4 rings (SSSR count). The molecule has 0 amide bonds. The van der Waals surface area contributed by atoms with Gasteiger partial charge in [-0.3, -0.25) is 9.68 Å². The average Bonchev–Trinajstić information content (AvgIpc) is 3.21. The lowest BCUT2D eigenvalue weighted by Gasteiger charge is -2.57. The molecular weight excluding hydrogens is 705 g/mol. The number of hydrogen-bond donors (Lipinski definition) is 0. The van der Waals surface area contributed by atoms with Crippen molar-refractivity contribution in [2.24, 2.45) is 22.1 Å². The van der Waals surface area contributed by atoms with Gasteiger partial charge in [0, 0.05) is 48.6 Å². The van der Waals surface area contributed by atoms with Crippen molar-refractivity contribution < 1.29 is 28.9 Å². The molecule has 2 aliphatic rings. The fourth-order valence-electron chi connectivity index (χ4n) is 8.42. The maximum Gasteiger partial charge on any atom is 0.335 e. The molecule has 10 heteroatoms. The van der Waals surface area contributed by atoms with E-state index in [4.69, 9.17) is 19.4 Å².